The van der Waals surface area contributed by atoms with Crippen LogP contribution in [0.3, 0.4) is 0 Å². The second-order valence-corrected chi connectivity index (χ2v) is 4.41. The number of hydrogen-bond acceptors (Lipinski definition) is 3. The number of rotatable bonds is 3. The Labute approximate surface area is 116 Å². The number of esters is 1. The van der Waals surface area contributed by atoms with Gasteiger partial charge in [-0.15, -0.1) is 0 Å². The number of ether oxygens (including phenoxy) is 1. The molecule has 0 bridgehead atoms. The topological polar surface area (TPSA) is 43.6 Å². The fraction of sp³-hybridized carbons (Fsp3) is 0.273. The van der Waals surface area contributed by atoms with Crippen LogP contribution in [0, 0.1) is 0 Å². The summed E-state index contributed by atoms with van der Waals surface area (Å²) in [6, 6.07) is 1.36. The van der Waals surface area contributed by atoms with Crippen molar-refractivity contribution in [3.05, 3.63) is 33.7 Å². The molecule has 0 saturated heterocycles. The van der Waals surface area contributed by atoms with Gasteiger partial charge in [-0.2, -0.15) is 0 Å². The van der Waals surface area contributed by atoms with Crippen molar-refractivity contribution in [2.24, 2.45) is 0 Å². The van der Waals surface area contributed by atoms with E-state index in [-0.39, 0.29) is 28.0 Å². The van der Waals surface area contributed by atoms with E-state index in [0.717, 1.165) is 4.40 Å². The molecule has 4 nitrogen and oxygen atoms in total. The lowest BCUT2D eigenvalue weighted by molar-refractivity contribution is 0.0506. The average molecular weight is 309 g/mol. The molecule has 0 aliphatic carbocycles. The number of halogens is 4. The third kappa shape index (κ3) is 2.50. The summed E-state index contributed by atoms with van der Waals surface area (Å²) in [7, 11) is 0. The molecule has 0 radical (unpaired) electrons. The van der Waals surface area contributed by atoms with Gasteiger partial charge in [-0.25, -0.2) is 18.6 Å². The Kier molecular flexibility index (Phi) is 3.91. The summed E-state index contributed by atoms with van der Waals surface area (Å²) >= 11 is 11.7. The van der Waals surface area contributed by atoms with Gasteiger partial charge in [0, 0.05) is 6.20 Å². The van der Waals surface area contributed by atoms with Gasteiger partial charge in [-0.3, -0.25) is 4.40 Å². The summed E-state index contributed by atoms with van der Waals surface area (Å²) < 4.78 is 31.7. The van der Waals surface area contributed by atoms with Crippen LogP contribution in [-0.4, -0.2) is 22.0 Å². The van der Waals surface area contributed by atoms with Crippen molar-refractivity contribution in [2.45, 2.75) is 13.3 Å². The predicted octanol–water partition coefficient (Wildman–Crippen LogP) is 3.76. The highest BCUT2D eigenvalue weighted by Crippen LogP contribution is 2.29. The highest BCUT2D eigenvalue weighted by Gasteiger charge is 2.27. The number of imidazole rings is 1. The molecule has 2 aromatic rings. The molecular weight excluding hydrogens is 301 g/mol. The SMILES string of the molecule is CCOC(=O)c1c(C(F)F)nc2c(Cl)cc(Cl)cn12. The molecule has 0 aliphatic rings. The van der Waals surface area contributed by atoms with Crippen LogP contribution in [-0.2, 0) is 4.74 Å². The normalized spacial score (nSPS) is 11.3. The Morgan fingerprint density at radius 2 is 2.21 bits per heavy atom. The molecule has 0 fully saturated rings. The largest absolute Gasteiger partial charge is 0.461 e. The molecule has 0 atom stereocenters. The van der Waals surface area contributed by atoms with Crippen LogP contribution >= 0.6 is 23.2 Å². The summed E-state index contributed by atoms with van der Waals surface area (Å²) in [5, 5.41) is 0.270. The van der Waals surface area contributed by atoms with Gasteiger partial charge in [-0.1, -0.05) is 23.2 Å². The molecule has 0 amide bonds. The first-order valence-electron chi connectivity index (χ1n) is 5.28. The maximum atomic E-state index is 12.9. The zero-order chi connectivity index (χ0) is 14.2. The summed E-state index contributed by atoms with van der Waals surface area (Å²) in [5.74, 6) is -0.899. The second kappa shape index (κ2) is 5.30. The first-order chi connectivity index (χ1) is 8.95. The lowest BCUT2D eigenvalue weighted by Crippen LogP contribution is -2.11. The maximum Gasteiger partial charge on any atom is 0.357 e. The maximum absolute atomic E-state index is 12.9. The van der Waals surface area contributed by atoms with Crippen molar-refractivity contribution in [3.8, 4) is 0 Å². The molecule has 0 N–H and O–H groups in total. The predicted molar refractivity (Wildman–Crippen MR) is 66.1 cm³/mol. The zero-order valence-electron chi connectivity index (χ0n) is 9.66. The number of aromatic nitrogens is 2. The van der Waals surface area contributed by atoms with E-state index >= 15 is 0 Å². The molecule has 2 rings (SSSR count). The minimum absolute atomic E-state index is 0.0319. The zero-order valence-corrected chi connectivity index (χ0v) is 11.2. The van der Waals surface area contributed by atoms with Gasteiger partial charge in [0.2, 0.25) is 0 Å². The van der Waals surface area contributed by atoms with E-state index in [1.807, 2.05) is 0 Å². The van der Waals surface area contributed by atoms with E-state index in [9.17, 15) is 13.6 Å². The monoisotopic (exact) mass is 308 g/mol. The Balaban J connectivity index is 2.76. The molecule has 102 valence electrons. The minimum atomic E-state index is -2.92. The van der Waals surface area contributed by atoms with Gasteiger partial charge in [0.1, 0.15) is 5.69 Å². The number of fused-ring (bicyclic) bond motifs is 1. The van der Waals surface area contributed by atoms with Crippen LogP contribution in [0.1, 0.15) is 29.5 Å². The molecule has 0 aromatic carbocycles. The van der Waals surface area contributed by atoms with Gasteiger partial charge >= 0.3 is 5.97 Å². The number of pyridine rings is 1. The van der Waals surface area contributed by atoms with Crippen LogP contribution in [0.4, 0.5) is 8.78 Å². The van der Waals surface area contributed by atoms with E-state index in [0.29, 0.717) is 0 Å². The molecule has 8 heteroatoms. The van der Waals surface area contributed by atoms with Crippen molar-refractivity contribution < 1.29 is 18.3 Å². The first kappa shape index (κ1) is 14.0. The Hall–Kier alpha value is -1.40. The Bertz CT molecular complexity index is 643. The third-order valence-corrected chi connectivity index (χ3v) is 2.83. The number of nitrogens with zero attached hydrogens (tertiary/aromatic N) is 2. The van der Waals surface area contributed by atoms with Crippen molar-refractivity contribution >= 4 is 34.8 Å². The number of alkyl halides is 2. The fourth-order valence-corrected chi connectivity index (χ4v) is 2.16. The standard InChI is InChI=1S/C11H8Cl2F2N2O2/c1-2-19-11(18)8-7(9(14)15)16-10-6(13)3-5(12)4-17(8)10/h3-4,9H,2H2,1H3. The van der Waals surface area contributed by atoms with E-state index in [2.05, 4.69) is 4.98 Å². The lowest BCUT2D eigenvalue weighted by atomic mass is 10.3. The van der Waals surface area contributed by atoms with Gasteiger partial charge in [0.15, 0.2) is 11.3 Å². The quantitative estimate of drug-likeness (QED) is 0.811. The van der Waals surface area contributed by atoms with Crippen LogP contribution in [0.15, 0.2) is 12.3 Å². The molecule has 0 aliphatic heterocycles. The minimum Gasteiger partial charge on any atom is -0.461 e. The van der Waals surface area contributed by atoms with Crippen molar-refractivity contribution in [1.82, 2.24) is 9.38 Å². The smallest absolute Gasteiger partial charge is 0.357 e. The highest BCUT2D eigenvalue weighted by atomic mass is 35.5. The van der Waals surface area contributed by atoms with Crippen LogP contribution in [0.25, 0.3) is 5.65 Å². The molecule has 0 spiro atoms. The van der Waals surface area contributed by atoms with Crippen LogP contribution in [0.5, 0.6) is 0 Å². The number of carbonyl (C=O) groups is 1. The van der Waals surface area contributed by atoms with E-state index < -0.39 is 18.1 Å². The third-order valence-electron chi connectivity index (χ3n) is 2.34. The van der Waals surface area contributed by atoms with Gasteiger partial charge in [0.25, 0.3) is 6.43 Å². The fourth-order valence-electron chi connectivity index (χ4n) is 1.65. The molecular formula is C11H8Cl2F2N2O2. The van der Waals surface area contributed by atoms with Gasteiger partial charge in [-0.05, 0) is 13.0 Å². The van der Waals surface area contributed by atoms with Crippen molar-refractivity contribution in [2.75, 3.05) is 6.61 Å². The van der Waals surface area contributed by atoms with Crippen LogP contribution < -0.4 is 0 Å². The molecule has 19 heavy (non-hydrogen) atoms. The Morgan fingerprint density at radius 3 is 2.79 bits per heavy atom. The Morgan fingerprint density at radius 1 is 1.53 bits per heavy atom. The summed E-state index contributed by atoms with van der Waals surface area (Å²) in [4.78, 5) is 15.4. The van der Waals surface area contributed by atoms with Gasteiger partial charge < -0.3 is 4.74 Å². The van der Waals surface area contributed by atoms with E-state index in [1.165, 1.54) is 12.3 Å². The molecule has 0 unspecified atom stereocenters. The van der Waals surface area contributed by atoms with Crippen molar-refractivity contribution in [1.29, 1.82) is 0 Å². The molecule has 2 aromatic heterocycles. The van der Waals surface area contributed by atoms with Crippen LogP contribution in [0.2, 0.25) is 10.0 Å². The number of hydrogen-bond donors (Lipinski definition) is 0. The summed E-state index contributed by atoms with van der Waals surface area (Å²) in [6.45, 7) is 1.63. The highest BCUT2D eigenvalue weighted by molar-refractivity contribution is 6.36. The second-order valence-electron chi connectivity index (χ2n) is 3.57. The number of carbonyl (C=O) groups excluding carboxylic acids is 1. The first-order valence-corrected chi connectivity index (χ1v) is 6.03. The molecule has 0 saturated carbocycles. The lowest BCUT2D eigenvalue weighted by Gasteiger charge is -2.04. The van der Waals surface area contributed by atoms with E-state index in [1.54, 1.807) is 6.92 Å². The average Bonchev–Trinajstić information content (AvgIpc) is 2.68. The van der Waals surface area contributed by atoms with Crippen molar-refractivity contribution in [3.63, 3.8) is 0 Å². The van der Waals surface area contributed by atoms with E-state index in [4.69, 9.17) is 27.9 Å². The molecule has 2 heterocycles. The van der Waals surface area contributed by atoms with Gasteiger partial charge in [0.05, 0.1) is 16.7 Å². The summed E-state index contributed by atoms with van der Waals surface area (Å²) in [5.41, 5.74) is -1.01. The summed E-state index contributed by atoms with van der Waals surface area (Å²) in [6.07, 6.45) is -1.64.